The van der Waals surface area contributed by atoms with Crippen LogP contribution in [0, 0.1) is 0 Å². The van der Waals surface area contributed by atoms with Crippen molar-refractivity contribution in [3.63, 3.8) is 0 Å². The Morgan fingerprint density at radius 2 is 1.59 bits per heavy atom. The third-order valence-electron chi connectivity index (χ3n) is 4.96. The molecular formula is C24H24N4O. The van der Waals surface area contributed by atoms with Crippen molar-refractivity contribution in [1.82, 2.24) is 15.2 Å². The molecule has 0 saturated heterocycles. The number of hydrogen-bond acceptors (Lipinski definition) is 5. The van der Waals surface area contributed by atoms with E-state index in [9.17, 15) is 5.11 Å². The molecular weight excluding hydrogens is 360 g/mol. The van der Waals surface area contributed by atoms with Crippen molar-refractivity contribution in [2.75, 3.05) is 5.32 Å². The SMILES string of the molecule is CC(C)(C)c1ccc(Nc2nnc(Cc3ccc(O)nc3)c3ccccc23)cc1. The summed E-state index contributed by atoms with van der Waals surface area (Å²) in [6.45, 7) is 6.62. The highest BCUT2D eigenvalue weighted by Gasteiger charge is 2.14. The molecule has 0 saturated carbocycles. The van der Waals surface area contributed by atoms with E-state index in [1.807, 2.05) is 18.2 Å². The van der Waals surface area contributed by atoms with E-state index in [-0.39, 0.29) is 11.3 Å². The lowest BCUT2D eigenvalue weighted by molar-refractivity contribution is 0.453. The Hall–Kier alpha value is -3.47. The molecule has 2 aromatic heterocycles. The molecule has 0 fully saturated rings. The van der Waals surface area contributed by atoms with Gasteiger partial charge in [0.2, 0.25) is 5.88 Å². The molecule has 2 N–H and O–H groups in total. The second kappa shape index (κ2) is 7.51. The molecule has 0 atom stereocenters. The highest BCUT2D eigenvalue weighted by molar-refractivity contribution is 5.94. The summed E-state index contributed by atoms with van der Waals surface area (Å²) in [5.74, 6) is 0.749. The van der Waals surface area contributed by atoms with Crippen molar-refractivity contribution in [2.45, 2.75) is 32.6 Å². The monoisotopic (exact) mass is 384 g/mol. The van der Waals surface area contributed by atoms with E-state index in [2.05, 4.69) is 77.7 Å². The van der Waals surface area contributed by atoms with Gasteiger partial charge in [0.25, 0.3) is 0 Å². The third-order valence-corrected chi connectivity index (χ3v) is 4.96. The van der Waals surface area contributed by atoms with E-state index < -0.39 is 0 Å². The van der Waals surface area contributed by atoms with Crippen LogP contribution in [0.3, 0.4) is 0 Å². The predicted octanol–water partition coefficient (Wildman–Crippen LogP) is 5.36. The zero-order chi connectivity index (χ0) is 20.4. The number of fused-ring (bicyclic) bond motifs is 1. The van der Waals surface area contributed by atoms with Crippen molar-refractivity contribution >= 4 is 22.3 Å². The van der Waals surface area contributed by atoms with E-state index in [4.69, 9.17) is 0 Å². The Balaban J connectivity index is 1.65. The van der Waals surface area contributed by atoms with E-state index >= 15 is 0 Å². The van der Waals surface area contributed by atoms with Gasteiger partial charge in [-0.25, -0.2) is 4.98 Å². The van der Waals surface area contributed by atoms with Gasteiger partial charge < -0.3 is 10.4 Å². The van der Waals surface area contributed by atoms with Crippen LogP contribution in [-0.4, -0.2) is 20.3 Å². The second-order valence-electron chi connectivity index (χ2n) is 8.19. The van der Waals surface area contributed by atoms with Crippen LogP contribution in [-0.2, 0) is 11.8 Å². The Morgan fingerprint density at radius 1 is 0.862 bits per heavy atom. The molecule has 2 heterocycles. The number of pyridine rings is 1. The van der Waals surface area contributed by atoms with Gasteiger partial charge in [-0.15, -0.1) is 5.10 Å². The maximum Gasteiger partial charge on any atom is 0.210 e. The number of hydrogen-bond donors (Lipinski definition) is 2. The molecule has 5 nitrogen and oxygen atoms in total. The first-order valence-electron chi connectivity index (χ1n) is 9.66. The summed E-state index contributed by atoms with van der Waals surface area (Å²) >= 11 is 0. The van der Waals surface area contributed by atoms with Crippen LogP contribution in [0.25, 0.3) is 10.8 Å². The second-order valence-corrected chi connectivity index (χ2v) is 8.19. The summed E-state index contributed by atoms with van der Waals surface area (Å²) in [6, 6.07) is 20.0. The van der Waals surface area contributed by atoms with Crippen LogP contribution in [0.1, 0.15) is 37.6 Å². The molecule has 0 radical (unpaired) electrons. The Morgan fingerprint density at radius 3 is 2.24 bits per heavy atom. The zero-order valence-electron chi connectivity index (χ0n) is 16.8. The first kappa shape index (κ1) is 18.9. The lowest BCUT2D eigenvalue weighted by Gasteiger charge is -2.19. The van der Waals surface area contributed by atoms with Gasteiger partial charge in [0, 0.05) is 35.1 Å². The number of rotatable bonds is 4. The van der Waals surface area contributed by atoms with Gasteiger partial charge in [-0.2, -0.15) is 5.10 Å². The van der Waals surface area contributed by atoms with Crippen molar-refractivity contribution in [3.05, 3.63) is 83.7 Å². The van der Waals surface area contributed by atoms with Gasteiger partial charge in [-0.3, -0.25) is 0 Å². The molecule has 0 bridgehead atoms. The summed E-state index contributed by atoms with van der Waals surface area (Å²) < 4.78 is 0. The third kappa shape index (κ3) is 4.19. The summed E-state index contributed by atoms with van der Waals surface area (Å²) in [6.07, 6.45) is 2.26. The maximum absolute atomic E-state index is 9.39. The van der Waals surface area contributed by atoms with Gasteiger partial charge in [0.05, 0.1) is 5.69 Å². The normalized spacial score (nSPS) is 11.6. The maximum atomic E-state index is 9.39. The largest absolute Gasteiger partial charge is 0.493 e. The molecule has 29 heavy (non-hydrogen) atoms. The van der Waals surface area contributed by atoms with E-state index in [0.29, 0.717) is 6.42 Å². The van der Waals surface area contributed by atoms with Gasteiger partial charge in [0.15, 0.2) is 5.82 Å². The number of nitrogens with zero attached hydrogens (tertiary/aromatic N) is 3. The minimum atomic E-state index is 0.0155. The van der Waals surface area contributed by atoms with Crippen LogP contribution in [0.5, 0.6) is 5.88 Å². The minimum Gasteiger partial charge on any atom is -0.493 e. The Kier molecular flexibility index (Phi) is 4.89. The molecule has 2 aromatic carbocycles. The number of benzene rings is 2. The number of anilines is 2. The predicted molar refractivity (Wildman–Crippen MR) is 117 cm³/mol. The smallest absolute Gasteiger partial charge is 0.210 e. The summed E-state index contributed by atoms with van der Waals surface area (Å²) in [5, 5.41) is 23.8. The molecule has 0 spiro atoms. The molecule has 146 valence electrons. The standard InChI is InChI=1S/C24H24N4O/c1-24(2,3)17-9-11-18(12-10-17)26-23-20-7-5-4-6-19(20)21(27-28-23)14-16-8-13-22(29)25-15-16/h4-13,15H,14H2,1-3H3,(H,25,29)(H,26,28). The fraction of sp³-hybridized carbons (Fsp3) is 0.208. The summed E-state index contributed by atoms with van der Waals surface area (Å²) in [5.41, 5.74) is 4.24. The Labute approximate surface area is 170 Å². The molecule has 0 unspecified atom stereocenters. The van der Waals surface area contributed by atoms with Crippen LogP contribution < -0.4 is 5.32 Å². The lowest BCUT2D eigenvalue weighted by Crippen LogP contribution is -2.10. The van der Waals surface area contributed by atoms with Crippen molar-refractivity contribution in [1.29, 1.82) is 0 Å². The molecule has 4 aromatic rings. The Bertz CT molecular complexity index is 1130. The summed E-state index contributed by atoms with van der Waals surface area (Å²) in [4.78, 5) is 3.95. The van der Waals surface area contributed by atoms with Crippen molar-refractivity contribution in [3.8, 4) is 5.88 Å². The summed E-state index contributed by atoms with van der Waals surface area (Å²) in [7, 11) is 0. The van der Waals surface area contributed by atoms with Crippen molar-refractivity contribution in [2.24, 2.45) is 0 Å². The van der Waals surface area contributed by atoms with E-state index in [1.54, 1.807) is 12.3 Å². The van der Waals surface area contributed by atoms with E-state index in [1.165, 1.54) is 5.56 Å². The van der Waals surface area contributed by atoms with Crippen LogP contribution in [0.2, 0.25) is 0 Å². The minimum absolute atomic E-state index is 0.0155. The first-order valence-corrected chi connectivity index (χ1v) is 9.66. The first-order chi connectivity index (χ1) is 13.9. The van der Waals surface area contributed by atoms with Crippen LogP contribution >= 0.6 is 0 Å². The molecule has 4 rings (SSSR count). The average Bonchev–Trinajstić information content (AvgIpc) is 2.71. The number of aromatic nitrogens is 3. The highest BCUT2D eigenvalue weighted by atomic mass is 16.3. The van der Waals surface area contributed by atoms with Gasteiger partial charge in [0.1, 0.15) is 0 Å². The molecule has 5 heteroatoms. The topological polar surface area (TPSA) is 70.9 Å². The van der Waals surface area contributed by atoms with Gasteiger partial charge in [-0.05, 0) is 28.7 Å². The lowest BCUT2D eigenvalue weighted by atomic mass is 9.87. The van der Waals surface area contributed by atoms with Gasteiger partial charge in [-0.1, -0.05) is 63.2 Å². The van der Waals surface area contributed by atoms with Gasteiger partial charge >= 0.3 is 0 Å². The highest BCUT2D eigenvalue weighted by Crippen LogP contribution is 2.28. The van der Waals surface area contributed by atoms with Crippen molar-refractivity contribution < 1.29 is 5.11 Å². The number of aromatic hydroxyl groups is 1. The molecule has 0 aliphatic heterocycles. The van der Waals surface area contributed by atoms with Crippen LogP contribution in [0.15, 0.2) is 66.9 Å². The number of nitrogens with one attached hydrogen (secondary N) is 1. The zero-order valence-corrected chi connectivity index (χ0v) is 16.8. The van der Waals surface area contributed by atoms with E-state index in [0.717, 1.165) is 33.5 Å². The fourth-order valence-electron chi connectivity index (χ4n) is 3.29. The molecule has 0 aliphatic rings. The van der Waals surface area contributed by atoms with Crippen LogP contribution in [0.4, 0.5) is 11.5 Å². The quantitative estimate of drug-likeness (QED) is 0.495. The molecule has 0 amide bonds. The fourth-order valence-corrected chi connectivity index (χ4v) is 3.29. The average molecular weight is 384 g/mol. The molecule has 0 aliphatic carbocycles.